The van der Waals surface area contributed by atoms with Gasteiger partial charge in [-0.05, 0) is 25.0 Å². The summed E-state index contributed by atoms with van der Waals surface area (Å²) in [4.78, 5) is 0. The van der Waals surface area contributed by atoms with Crippen molar-refractivity contribution in [3.05, 3.63) is 78.4 Å². The van der Waals surface area contributed by atoms with E-state index in [-0.39, 0.29) is 32.7 Å². The van der Waals surface area contributed by atoms with Gasteiger partial charge in [0.05, 0.1) is 0 Å². The Balaban J connectivity index is 0.00000169. The van der Waals surface area contributed by atoms with E-state index in [2.05, 4.69) is 78.9 Å². The molecule has 134 valence electrons. The zero-order valence-corrected chi connectivity index (χ0v) is 17.0. The Hall–Kier alpha value is -1.89. The Labute approximate surface area is 167 Å². The van der Waals surface area contributed by atoms with Crippen molar-refractivity contribution in [2.45, 2.75) is 20.4 Å². The van der Waals surface area contributed by atoms with Crippen LogP contribution in [-0.2, 0) is 11.1 Å². The average Bonchev–Trinajstić information content (AvgIpc) is 2.60. The Morgan fingerprint density at radius 1 is 0.846 bits per heavy atom. The molecule has 0 N–H and O–H groups in total. The SMILES string of the molecule is Cc1cc(C)cc(-[n+]2ccc(-c3cc[n+](CC#P=O)cc3)cc2)c1.[Cl-].[Cl-]. The molecule has 0 unspecified atom stereocenters. The standard InChI is InChI=1S/C20H19N2OP.2ClH/c1-16-13-17(2)15-20(14-16)22-9-5-19(6-10-22)18-3-7-21(8-4-18)11-12-24-23;;/h3-10,13-15H,11H2,1-2H3;2*1H/q+2;;/p-2. The molecule has 0 spiro atoms. The van der Waals surface area contributed by atoms with Crippen LogP contribution >= 0.6 is 7.92 Å². The van der Waals surface area contributed by atoms with Crippen LogP contribution in [0.1, 0.15) is 11.1 Å². The van der Waals surface area contributed by atoms with Gasteiger partial charge in [0.1, 0.15) is 0 Å². The van der Waals surface area contributed by atoms with E-state index in [1.54, 1.807) is 0 Å². The topological polar surface area (TPSA) is 24.8 Å². The van der Waals surface area contributed by atoms with Gasteiger partial charge in [-0.3, -0.25) is 0 Å². The minimum Gasteiger partial charge on any atom is -1.00 e. The first-order chi connectivity index (χ1) is 11.7. The van der Waals surface area contributed by atoms with Crippen LogP contribution in [0.2, 0.25) is 0 Å². The molecule has 0 aliphatic rings. The van der Waals surface area contributed by atoms with Crippen LogP contribution in [0.3, 0.4) is 0 Å². The second-order valence-electron chi connectivity index (χ2n) is 5.85. The van der Waals surface area contributed by atoms with Crippen molar-refractivity contribution in [2.75, 3.05) is 0 Å². The molecule has 26 heavy (non-hydrogen) atoms. The van der Waals surface area contributed by atoms with E-state index in [1.165, 1.54) is 16.8 Å². The van der Waals surface area contributed by atoms with Crippen LogP contribution in [0.4, 0.5) is 0 Å². The van der Waals surface area contributed by atoms with Crippen molar-refractivity contribution in [1.82, 2.24) is 0 Å². The summed E-state index contributed by atoms with van der Waals surface area (Å²) in [5, 5.41) is 0. The van der Waals surface area contributed by atoms with Crippen LogP contribution < -0.4 is 33.9 Å². The fraction of sp³-hybridized carbons (Fsp3) is 0.150. The number of benzene rings is 1. The molecule has 3 aromatic rings. The zero-order chi connectivity index (χ0) is 16.9. The van der Waals surface area contributed by atoms with E-state index in [0.29, 0.717) is 6.54 Å². The number of pyridine rings is 2. The Morgan fingerprint density at radius 2 is 1.35 bits per heavy atom. The summed E-state index contributed by atoms with van der Waals surface area (Å²) < 4.78 is 14.5. The summed E-state index contributed by atoms with van der Waals surface area (Å²) in [5.74, 6) is 0. The van der Waals surface area contributed by atoms with Crippen molar-refractivity contribution in [1.29, 1.82) is 0 Å². The predicted molar refractivity (Wildman–Crippen MR) is 94.6 cm³/mol. The third-order valence-electron chi connectivity index (χ3n) is 3.88. The van der Waals surface area contributed by atoms with E-state index in [0.717, 1.165) is 11.1 Å². The maximum absolute atomic E-state index is 10.4. The fourth-order valence-corrected chi connectivity index (χ4v) is 2.98. The molecule has 0 atom stereocenters. The van der Waals surface area contributed by atoms with Crippen molar-refractivity contribution in [3.63, 3.8) is 0 Å². The number of halogens is 2. The van der Waals surface area contributed by atoms with E-state index in [9.17, 15) is 4.57 Å². The van der Waals surface area contributed by atoms with E-state index >= 15 is 0 Å². The smallest absolute Gasteiger partial charge is 1.00 e. The van der Waals surface area contributed by atoms with E-state index < -0.39 is 0 Å². The summed E-state index contributed by atoms with van der Waals surface area (Å²) in [6.07, 6.45) is 8.11. The minimum atomic E-state index is -0.0563. The molecule has 2 heterocycles. The van der Waals surface area contributed by atoms with Crippen LogP contribution in [0.5, 0.6) is 0 Å². The number of nitrogens with zero attached hydrogens (tertiary/aromatic N) is 2. The number of aromatic nitrogens is 2. The van der Waals surface area contributed by atoms with Gasteiger partial charge in [-0.25, -0.2) is 0 Å². The van der Waals surface area contributed by atoms with Crippen molar-refractivity contribution in [2.24, 2.45) is 0 Å². The minimum absolute atomic E-state index is 0. The number of rotatable bonds is 3. The third kappa shape index (κ3) is 5.56. The van der Waals surface area contributed by atoms with Gasteiger partial charge >= 0.3 is 112 Å². The average molecular weight is 405 g/mol. The summed E-state index contributed by atoms with van der Waals surface area (Å²) in [7, 11) is -0.0563. The van der Waals surface area contributed by atoms with Crippen LogP contribution in [-0.4, -0.2) is 0 Å². The molecule has 0 bridgehead atoms. The number of aryl methyl sites for hydroxylation is 2. The van der Waals surface area contributed by atoms with Gasteiger partial charge in [0.15, 0.2) is 0 Å². The van der Waals surface area contributed by atoms with Gasteiger partial charge < -0.3 is 24.8 Å². The third-order valence-corrected chi connectivity index (χ3v) is 4.15. The molecule has 0 radical (unpaired) electrons. The second kappa shape index (κ2) is 10.3. The van der Waals surface area contributed by atoms with Crippen molar-refractivity contribution >= 4 is 7.92 Å². The summed E-state index contributed by atoms with van der Waals surface area (Å²) >= 11 is 0. The van der Waals surface area contributed by atoms with Crippen LogP contribution in [0.15, 0.2) is 67.3 Å². The second-order valence-corrected chi connectivity index (χ2v) is 6.35. The number of hydrogen-bond donors (Lipinski definition) is 0. The summed E-state index contributed by atoms with van der Waals surface area (Å²) in [6.45, 7) is 4.75. The first-order valence-electron chi connectivity index (χ1n) is 7.80. The monoisotopic (exact) mass is 404 g/mol. The Morgan fingerprint density at radius 3 is 1.85 bits per heavy atom. The van der Waals surface area contributed by atoms with Gasteiger partial charge in [-0.15, -0.1) is 0 Å². The molecule has 0 saturated heterocycles. The Kier molecular flexibility index (Phi) is 8.78. The van der Waals surface area contributed by atoms with Gasteiger partial charge in [-0.2, -0.15) is 0 Å². The summed E-state index contributed by atoms with van der Waals surface area (Å²) in [6, 6.07) is 14.9. The van der Waals surface area contributed by atoms with Crippen molar-refractivity contribution in [3.8, 4) is 22.4 Å². The molecular weight excluding hydrogens is 386 g/mol. The van der Waals surface area contributed by atoms with Gasteiger partial charge in [0, 0.05) is 0 Å². The van der Waals surface area contributed by atoms with Gasteiger partial charge in [0.2, 0.25) is 0 Å². The molecule has 0 fully saturated rings. The molecule has 6 heteroatoms. The predicted octanol–water partition coefficient (Wildman–Crippen LogP) is -2.21. The first kappa shape index (κ1) is 22.2. The van der Waals surface area contributed by atoms with Gasteiger partial charge in [0.25, 0.3) is 0 Å². The van der Waals surface area contributed by atoms with E-state index in [1.807, 2.05) is 17.0 Å². The molecule has 3 nitrogen and oxygen atoms in total. The Bertz CT molecular complexity index is 948. The molecule has 3 rings (SSSR count). The van der Waals surface area contributed by atoms with Crippen molar-refractivity contribution < 1.29 is 38.5 Å². The van der Waals surface area contributed by atoms with Crippen LogP contribution in [0, 0.1) is 19.5 Å². The molecule has 2 aromatic heterocycles. The zero-order valence-electron chi connectivity index (χ0n) is 14.6. The number of hydrogen-bond acceptors (Lipinski definition) is 1. The van der Waals surface area contributed by atoms with E-state index in [4.69, 9.17) is 0 Å². The van der Waals surface area contributed by atoms with Crippen LogP contribution in [0.25, 0.3) is 16.8 Å². The molecule has 1 aromatic carbocycles. The summed E-state index contributed by atoms with van der Waals surface area (Å²) in [5.41, 5.74) is 8.75. The molecule has 0 aliphatic heterocycles. The molecular formula is C20H19Cl2N2OP. The molecule has 0 amide bonds. The maximum atomic E-state index is 10.4. The van der Waals surface area contributed by atoms with Gasteiger partial charge in [-0.1, -0.05) is 6.07 Å². The quantitative estimate of drug-likeness (QED) is 0.359. The molecule has 0 saturated carbocycles. The normalized spacial score (nSPS) is 9.46. The fourth-order valence-electron chi connectivity index (χ4n) is 2.76. The molecule has 0 aliphatic carbocycles. The first-order valence-corrected chi connectivity index (χ1v) is 8.61.